The number of fused-ring (bicyclic) bond motifs is 1. The fourth-order valence-electron chi connectivity index (χ4n) is 1.65. The van der Waals surface area contributed by atoms with E-state index in [1.807, 2.05) is 0 Å². The highest BCUT2D eigenvalue weighted by molar-refractivity contribution is 5.85. The standard InChI is InChI=1S/C12H14N2O5/c13-8(4-11(15)16)12(17)14-5-7-1-2-9-10(3-7)19-6-18-9/h1-3,8H,4-6,13H2,(H,14,17)(H,15,16). The van der Waals surface area contributed by atoms with Crippen molar-refractivity contribution in [2.75, 3.05) is 6.79 Å². The van der Waals surface area contributed by atoms with Gasteiger partial charge < -0.3 is 25.6 Å². The minimum atomic E-state index is -1.11. The number of ether oxygens (including phenoxy) is 2. The van der Waals surface area contributed by atoms with E-state index in [9.17, 15) is 9.59 Å². The molecule has 1 unspecified atom stereocenters. The van der Waals surface area contributed by atoms with Crippen molar-refractivity contribution >= 4 is 11.9 Å². The van der Waals surface area contributed by atoms with Gasteiger partial charge in [-0.15, -0.1) is 0 Å². The maximum absolute atomic E-state index is 11.5. The average molecular weight is 266 g/mol. The monoisotopic (exact) mass is 266 g/mol. The highest BCUT2D eigenvalue weighted by atomic mass is 16.7. The number of benzene rings is 1. The largest absolute Gasteiger partial charge is 0.481 e. The molecule has 7 nitrogen and oxygen atoms in total. The minimum Gasteiger partial charge on any atom is -0.481 e. The molecule has 0 fully saturated rings. The van der Waals surface area contributed by atoms with Gasteiger partial charge in [-0.1, -0.05) is 6.07 Å². The van der Waals surface area contributed by atoms with E-state index in [0.29, 0.717) is 11.5 Å². The van der Waals surface area contributed by atoms with E-state index in [2.05, 4.69) is 5.32 Å². The molecule has 0 aliphatic carbocycles. The topological polar surface area (TPSA) is 111 Å². The summed E-state index contributed by atoms with van der Waals surface area (Å²) in [5.41, 5.74) is 6.25. The van der Waals surface area contributed by atoms with Crippen LogP contribution < -0.4 is 20.5 Å². The van der Waals surface area contributed by atoms with Gasteiger partial charge in [0.25, 0.3) is 0 Å². The van der Waals surface area contributed by atoms with Crippen LogP contribution >= 0.6 is 0 Å². The van der Waals surface area contributed by atoms with Crippen LogP contribution in [-0.4, -0.2) is 29.8 Å². The third kappa shape index (κ3) is 3.35. The fraction of sp³-hybridized carbons (Fsp3) is 0.333. The smallest absolute Gasteiger partial charge is 0.305 e. The molecular weight excluding hydrogens is 252 g/mol. The molecular formula is C12H14N2O5. The second-order valence-electron chi connectivity index (χ2n) is 4.11. The van der Waals surface area contributed by atoms with Crippen LogP contribution in [0.15, 0.2) is 18.2 Å². The van der Waals surface area contributed by atoms with Crippen molar-refractivity contribution in [3.05, 3.63) is 23.8 Å². The van der Waals surface area contributed by atoms with E-state index in [1.54, 1.807) is 18.2 Å². The molecule has 0 aromatic heterocycles. The summed E-state index contributed by atoms with van der Waals surface area (Å²) >= 11 is 0. The maximum Gasteiger partial charge on any atom is 0.305 e. The molecule has 1 amide bonds. The molecule has 1 heterocycles. The molecule has 19 heavy (non-hydrogen) atoms. The highest BCUT2D eigenvalue weighted by Crippen LogP contribution is 2.32. The van der Waals surface area contributed by atoms with Gasteiger partial charge in [0.05, 0.1) is 12.5 Å². The molecule has 0 saturated heterocycles. The Hall–Kier alpha value is -2.28. The van der Waals surface area contributed by atoms with Crippen LogP contribution in [0.1, 0.15) is 12.0 Å². The highest BCUT2D eigenvalue weighted by Gasteiger charge is 2.17. The van der Waals surface area contributed by atoms with E-state index in [0.717, 1.165) is 5.56 Å². The zero-order valence-corrected chi connectivity index (χ0v) is 10.1. The summed E-state index contributed by atoms with van der Waals surface area (Å²) in [4.78, 5) is 22.0. The third-order valence-electron chi connectivity index (χ3n) is 2.64. The zero-order chi connectivity index (χ0) is 13.8. The van der Waals surface area contributed by atoms with Crippen molar-refractivity contribution in [2.45, 2.75) is 19.0 Å². The number of carbonyl (C=O) groups excluding carboxylic acids is 1. The van der Waals surface area contributed by atoms with E-state index < -0.39 is 24.3 Å². The Morgan fingerprint density at radius 2 is 2.11 bits per heavy atom. The molecule has 102 valence electrons. The van der Waals surface area contributed by atoms with E-state index in [-0.39, 0.29) is 13.3 Å². The Labute approximate surface area is 109 Å². The Morgan fingerprint density at radius 1 is 1.37 bits per heavy atom. The van der Waals surface area contributed by atoms with Crippen LogP contribution in [0.5, 0.6) is 11.5 Å². The van der Waals surface area contributed by atoms with Gasteiger partial charge in [0.1, 0.15) is 0 Å². The van der Waals surface area contributed by atoms with Crippen molar-refractivity contribution in [1.82, 2.24) is 5.32 Å². The van der Waals surface area contributed by atoms with Crippen LogP contribution in [0.2, 0.25) is 0 Å². The number of hydrogen-bond donors (Lipinski definition) is 3. The van der Waals surface area contributed by atoms with Crippen molar-refractivity contribution in [1.29, 1.82) is 0 Å². The lowest BCUT2D eigenvalue weighted by Gasteiger charge is -2.10. The van der Waals surface area contributed by atoms with Crippen LogP contribution in [0, 0.1) is 0 Å². The summed E-state index contributed by atoms with van der Waals surface area (Å²) in [5, 5.41) is 11.1. The van der Waals surface area contributed by atoms with E-state index >= 15 is 0 Å². The molecule has 1 aromatic rings. The first-order valence-corrected chi connectivity index (χ1v) is 5.70. The number of carboxylic acids is 1. The summed E-state index contributed by atoms with van der Waals surface area (Å²) in [7, 11) is 0. The zero-order valence-electron chi connectivity index (χ0n) is 10.1. The Morgan fingerprint density at radius 3 is 2.84 bits per heavy atom. The van der Waals surface area contributed by atoms with Gasteiger partial charge >= 0.3 is 5.97 Å². The summed E-state index contributed by atoms with van der Waals surface area (Å²) in [6.45, 7) is 0.442. The van der Waals surface area contributed by atoms with Gasteiger partial charge in [0, 0.05) is 6.54 Å². The molecule has 7 heteroatoms. The quantitative estimate of drug-likeness (QED) is 0.682. The summed E-state index contributed by atoms with van der Waals surface area (Å²) in [6, 6.07) is 4.24. The number of rotatable bonds is 5. The van der Waals surface area contributed by atoms with Gasteiger partial charge in [-0.3, -0.25) is 9.59 Å². The Kier molecular flexibility index (Phi) is 3.86. The molecule has 2 rings (SSSR count). The van der Waals surface area contributed by atoms with Crippen molar-refractivity contribution in [3.63, 3.8) is 0 Å². The molecule has 1 atom stereocenters. The van der Waals surface area contributed by atoms with Gasteiger partial charge in [0.2, 0.25) is 12.7 Å². The first-order chi connectivity index (χ1) is 9.06. The second kappa shape index (κ2) is 5.57. The lowest BCUT2D eigenvalue weighted by Crippen LogP contribution is -2.41. The number of aliphatic carboxylic acids is 1. The van der Waals surface area contributed by atoms with Crippen LogP contribution in [0.3, 0.4) is 0 Å². The second-order valence-corrected chi connectivity index (χ2v) is 4.11. The molecule has 1 aliphatic rings. The maximum atomic E-state index is 11.5. The molecule has 0 radical (unpaired) electrons. The number of amides is 1. The number of carbonyl (C=O) groups is 2. The predicted octanol–water partition coefficient (Wildman–Crippen LogP) is -0.167. The predicted molar refractivity (Wildman–Crippen MR) is 64.6 cm³/mol. The number of nitrogens with two attached hydrogens (primary N) is 1. The average Bonchev–Trinajstić information content (AvgIpc) is 2.82. The first kappa shape index (κ1) is 13.2. The van der Waals surface area contributed by atoms with E-state index in [4.69, 9.17) is 20.3 Å². The van der Waals surface area contributed by atoms with Gasteiger partial charge in [-0.05, 0) is 17.7 Å². The summed E-state index contributed by atoms with van der Waals surface area (Å²) < 4.78 is 10.4. The minimum absolute atomic E-state index is 0.189. The summed E-state index contributed by atoms with van der Waals surface area (Å²) in [6.07, 6.45) is -0.396. The van der Waals surface area contributed by atoms with Crippen molar-refractivity contribution in [3.8, 4) is 11.5 Å². The van der Waals surface area contributed by atoms with Gasteiger partial charge in [0.15, 0.2) is 11.5 Å². The Balaban J connectivity index is 1.88. The molecule has 1 aliphatic heterocycles. The third-order valence-corrected chi connectivity index (χ3v) is 2.64. The molecule has 1 aromatic carbocycles. The Bertz CT molecular complexity index is 503. The molecule has 0 spiro atoms. The van der Waals surface area contributed by atoms with Crippen LogP contribution in [0.25, 0.3) is 0 Å². The van der Waals surface area contributed by atoms with Crippen molar-refractivity contribution < 1.29 is 24.2 Å². The van der Waals surface area contributed by atoms with Crippen molar-refractivity contribution in [2.24, 2.45) is 5.73 Å². The molecule has 4 N–H and O–H groups in total. The SMILES string of the molecule is NC(CC(=O)O)C(=O)NCc1ccc2c(c1)OCO2. The number of carboxylic acid groups (broad SMARTS) is 1. The lowest BCUT2D eigenvalue weighted by atomic mass is 10.1. The lowest BCUT2D eigenvalue weighted by molar-refractivity contribution is -0.139. The van der Waals surface area contributed by atoms with Gasteiger partial charge in [-0.2, -0.15) is 0 Å². The normalized spacial score (nSPS) is 13.9. The van der Waals surface area contributed by atoms with Crippen LogP contribution in [0.4, 0.5) is 0 Å². The molecule has 0 saturated carbocycles. The molecule has 0 bridgehead atoms. The summed E-state index contributed by atoms with van der Waals surface area (Å²) in [5.74, 6) is -0.315. The van der Waals surface area contributed by atoms with Crippen LogP contribution in [-0.2, 0) is 16.1 Å². The van der Waals surface area contributed by atoms with E-state index in [1.165, 1.54) is 0 Å². The fourth-order valence-corrected chi connectivity index (χ4v) is 1.65. The van der Waals surface area contributed by atoms with Gasteiger partial charge in [-0.25, -0.2) is 0 Å². The number of nitrogens with one attached hydrogen (secondary N) is 1. The first-order valence-electron chi connectivity index (χ1n) is 5.70. The number of hydrogen-bond acceptors (Lipinski definition) is 5.